The standard InChI is InChI=1S/C19H16N4O2S/c24-26(25)22-12-14-3-1-4-15(11-14)19-17(5-2-8-21-19)16-6-7-18-20-9-10-23(18)13-16/h1-11,13,22H,12H2,(H,24,25)/p-1. The van der Waals surface area contributed by atoms with Gasteiger partial charge in [0.15, 0.2) is 0 Å². The minimum Gasteiger partial charge on any atom is -0.760 e. The molecule has 26 heavy (non-hydrogen) atoms. The van der Waals surface area contributed by atoms with Crippen molar-refractivity contribution in [2.75, 3.05) is 0 Å². The Morgan fingerprint density at radius 1 is 1.04 bits per heavy atom. The third-order valence-electron chi connectivity index (χ3n) is 4.10. The zero-order valence-electron chi connectivity index (χ0n) is 13.7. The topological polar surface area (TPSA) is 82.3 Å². The maximum absolute atomic E-state index is 10.7. The number of rotatable bonds is 5. The molecule has 130 valence electrons. The average Bonchev–Trinajstić information content (AvgIpc) is 3.14. The molecule has 7 heteroatoms. The highest BCUT2D eigenvalue weighted by Crippen LogP contribution is 2.30. The zero-order chi connectivity index (χ0) is 17.9. The second-order valence-electron chi connectivity index (χ2n) is 5.77. The normalized spacial score (nSPS) is 12.3. The molecule has 1 unspecified atom stereocenters. The molecule has 0 fully saturated rings. The van der Waals surface area contributed by atoms with Crippen LogP contribution in [0.1, 0.15) is 5.56 Å². The lowest BCUT2D eigenvalue weighted by Crippen LogP contribution is -2.15. The molecule has 3 aromatic heterocycles. The molecule has 4 rings (SSSR count). The summed E-state index contributed by atoms with van der Waals surface area (Å²) in [5, 5.41) is 0. The first-order valence-electron chi connectivity index (χ1n) is 8.01. The highest BCUT2D eigenvalue weighted by atomic mass is 32.2. The Labute approximate surface area is 153 Å². The minimum atomic E-state index is -2.29. The fourth-order valence-electron chi connectivity index (χ4n) is 2.92. The third-order valence-corrected chi connectivity index (χ3v) is 4.48. The third kappa shape index (κ3) is 3.41. The molecule has 6 nitrogen and oxygen atoms in total. The molecule has 0 aliphatic rings. The van der Waals surface area contributed by atoms with Crippen LogP contribution in [-0.2, 0) is 17.8 Å². The van der Waals surface area contributed by atoms with Gasteiger partial charge in [0, 0.05) is 59.3 Å². The highest BCUT2D eigenvalue weighted by Gasteiger charge is 2.10. The van der Waals surface area contributed by atoms with Crippen LogP contribution in [-0.4, -0.2) is 23.1 Å². The van der Waals surface area contributed by atoms with Gasteiger partial charge in [-0.3, -0.25) is 9.19 Å². The van der Waals surface area contributed by atoms with E-state index in [9.17, 15) is 8.76 Å². The second-order valence-corrected chi connectivity index (χ2v) is 6.52. The predicted octanol–water partition coefficient (Wildman–Crippen LogP) is 2.95. The summed E-state index contributed by atoms with van der Waals surface area (Å²) in [6.07, 6.45) is 7.45. The molecular formula is C19H15N4O2S-. The number of pyridine rings is 2. The molecular weight excluding hydrogens is 348 g/mol. The molecule has 1 atom stereocenters. The first kappa shape index (κ1) is 16.6. The molecule has 0 bridgehead atoms. The van der Waals surface area contributed by atoms with E-state index >= 15 is 0 Å². The van der Waals surface area contributed by atoms with Gasteiger partial charge < -0.3 is 8.95 Å². The molecule has 0 saturated heterocycles. The van der Waals surface area contributed by atoms with Crippen molar-refractivity contribution in [1.29, 1.82) is 0 Å². The molecule has 0 radical (unpaired) electrons. The van der Waals surface area contributed by atoms with E-state index in [1.54, 1.807) is 12.4 Å². The minimum absolute atomic E-state index is 0.243. The summed E-state index contributed by atoms with van der Waals surface area (Å²) in [6.45, 7) is 0.243. The fourth-order valence-corrected chi connectivity index (χ4v) is 3.20. The second kappa shape index (κ2) is 7.17. The van der Waals surface area contributed by atoms with Crippen molar-refractivity contribution < 1.29 is 8.76 Å². The number of imidazole rings is 1. The van der Waals surface area contributed by atoms with Crippen LogP contribution in [0, 0.1) is 0 Å². The molecule has 0 saturated carbocycles. The Morgan fingerprint density at radius 3 is 2.85 bits per heavy atom. The van der Waals surface area contributed by atoms with E-state index in [1.165, 1.54) is 0 Å². The largest absolute Gasteiger partial charge is 0.760 e. The van der Waals surface area contributed by atoms with Crippen molar-refractivity contribution in [2.24, 2.45) is 0 Å². The molecule has 1 N–H and O–H groups in total. The predicted molar refractivity (Wildman–Crippen MR) is 99.6 cm³/mol. The first-order chi connectivity index (χ1) is 12.7. The number of hydrogen-bond donors (Lipinski definition) is 1. The maximum Gasteiger partial charge on any atom is 0.136 e. The number of fused-ring (bicyclic) bond motifs is 1. The first-order valence-corrected chi connectivity index (χ1v) is 9.08. The van der Waals surface area contributed by atoms with Crippen molar-refractivity contribution in [2.45, 2.75) is 6.54 Å². The Balaban J connectivity index is 1.76. The lowest BCUT2D eigenvalue weighted by atomic mass is 9.99. The van der Waals surface area contributed by atoms with E-state index in [1.807, 2.05) is 65.3 Å². The Morgan fingerprint density at radius 2 is 1.96 bits per heavy atom. The van der Waals surface area contributed by atoms with Gasteiger partial charge >= 0.3 is 0 Å². The summed E-state index contributed by atoms with van der Waals surface area (Å²) in [6, 6.07) is 15.6. The zero-order valence-corrected chi connectivity index (χ0v) is 14.5. The molecule has 0 spiro atoms. The van der Waals surface area contributed by atoms with Crippen LogP contribution in [0.5, 0.6) is 0 Å². The van der Waals surface area contributed by atoms with Crippen LogP contribution >= 0.6 is 0 Å². The van der Waals surface area contributed by atoms with Gasteiger partial charge in [-0.1, -0.05) is 24.3 Å². The van der Waals surface area contributed by atoms with Crippen molar-refractivity contribution in [3.05, 3.63) is 78.9 Å². The number of nitrogens with zero attached hydrogens (tertiary/aromatic N) is 3. The molecule has 1 aromatic carbocycles. The van der Waals surface area contributed by atoms with Crippen LogP contribution in [0.2, 0.25) is 0 Å². The van der Waals surface area contributed by atoms with E-state index in [-0.39, 0.29) is 6.54 Å². The monoisotopic (exact) mass is 363 g/mol. The Bertz CT molecular complexity index is 1090. The van der Waals surface area contributed by atoms with Gasteiger partial charge in [-0.15, -0.1) is 0 Å². The van der Waals surface area contributed by atoms with Gasteiger partial charge in [0.05, 0.1) is 5.69 Å². The van der Waals surface area contributed by atoms with Crippen molar-refractivity contribution in [1.82, 2.24) is 19.1 Å². The average molecular weight is 363 g/mol. The van der Waals surface area contributed by atoms with Crippen LogP contribution in [0.4, 0.5) is 0 Å². The van der Waals surface area contributed by atoms with Crippen LogP contribution in [0.25, 0.3) is 28.0 Å². The number of hydrogen-bond acceptors (Lipinski definition) is 4. The SMILES string of the molecule is O=S([O-])NCc1cccc(-c2ncccc2-c2ccc3nccn3c2)c1. The van der Waals surface area contributed by atoms with E-state index < -0.39 is 11.3 Å². The van der Waals surface area contributed by atoms with Gasteiger partial charge in [-0.2, -0.15) is 0 Å². The molecule has 4 aromatic rings. The van der Waals surface area contributed by atoms with E-state index in [0.29, 0.717) is 0 Å². The lowest BCUT2D eigenvalue weighted by molar-refractivity contribution is 0.522. The van der Waals surface area contributed by atoms with Gasteiger partial charge in [0.25, 0.3) is 0 Å². The summed E-state index contributed by atoms with van der Waals surface area (Å²) in [5.74, 6) is 0. The number of aromatic nitrogens is 3. The van der Waals surface area contributed by atoms with E-state index in [0.717, 1.165) is 33.6 Å². The Kier molecular flexibility index (Phi) is 4.57. The lowest BCUT2D eigenvalue weighted by Gasteiger charge is -2.12. The summed E-state index contributed by atoms with van der Waals surface area (Å²) in [4.78, 5) is 8.83. The summed E-state index contributed by atoms with van der Waals surface area (Å²) < 4.78 is 25.8. The van der Waals surface area contributed by atoms with Gasteiger partial charge in [0.1, 0.15) is 5.65 Å². The fraction of sp³-hybridized carbons (Fsp3) is 0.0526. The molecule has 3 heterocycles. The van der Waals surface area contributed by atoms with E-state index in [2.05, 4.69) is 14.7 Å². The van der Waals surface area contributed by atoms with Gasteiger partial charge in [0.2, 0.25) is 0 Å². The molecule has 0 aliphatic carbocycles. The van der Waals surface area contributed by atoms with Crippen LogP contribution < -0.4 is 4.72 Å². The number of benzene rings is 1. The van der Waals surface area contributed by atoms with Gasteiger partial charge in [-0.25, -0.2) is 9.71 Å². The van der Waals surface area contributed by atoms with Gasteiger partial charge in [-0.05, 0) is 29.8 Å². The molecule has 0 amide bonds. The summed E-state index contributed by atoms with van der Waals surface area (Å²) in [5.41, 5.74) is 5.56. The van der Waals surface area contributed by atoms with Crippen molar-refractivity contribution in [3.8, 4) is 22.4 Å². The van der Waals surface area contributed by atoms with Crippen LogP contribution in [0.3, 0.4) is 0 Å². The highest BCUT2D eigenvalue weighted by molar-refractivity contribution is 7.77. The maximum atomic E-state index is 10.7. The Hall–Kier alpha value is -2.87. The van der Waals surface area contributed by atoms with Crippen molar-refractivity contribution >= 4 is 16.9 Å². The number of nitrogens with one attached hydrogen (secondary N) is 1. The van der Waals surface area contributed by atoms with Crippen LogP contribution in [0.15, 0.2) is 73.3 Å². The quantitative estimate of drug-likeness (QED) is 0.553. The molecule has 0 aliphatic heterocycles. The smallest absolute Gasteiger partial charge is 0.136 e. The van der Waals surface area contributed by atoms with Crippen molar-refractivity contribution in [3.63, 3.8) is 0 Å². The summed E-state index contributed by atoms with van der Waals surface area (Å²) in [7, 11) is 0. The van der Waals surface area contributed by atoms with E-state index in [4.69, 9.17) is 0 Å². The summed E-state index contributed by atoms with van der Waals surface area (Å²) >= 11 is -2.29.